The van der Waals surface area contributed by atoms with E-state index in [2.05, 4.69) is 0 Å². The van der Waals surface area contributed by atoms with Crippen molar-refractivity contribution in [2.75, 3.05) is 21.3 Å². The van der Waals surface area contributed by atoms with Crippen molar-refractivity contribution in [2.45, 2.75) is 6.61 Å². The molecule has 5 heteroatoms. The highest BCUT2D eigenvalue weighted by Crippen LogP contribution is 2.23. The van der Waals surface area contributed by atoms with Gasteiger partial charge in [-0.15, -0.1) is 0 Å². The molecule has 2 aromatic rings. The number of methoxy groups -OCH3 is 3. The number of carbonyl (C=O) groups is 1. The lowest BCUT2D eigenvalue weighted by atomic mass is 10.2. The third-order valence-corrected chi connectivity index (χ3v) is 3.09. The molecule has 5 nitrogen and oxygen atoms in total. The maximum Gasteiger partial charge on any atom is 0.338 e. The van der Waals surface area contributed by atoms with Gasteiger partial charge in [0.2, 0.25) is 0 Å². The van der Waals surface area contributed by atoms with Gasteiger partial charge in [0.15, 0.2) is 0 Å². The van der Waals surface area contributed by atoms with E-state index in [0.717, 1.165) is 11.3 Å². The van der Waals surface area contributed by atoms with E-state index in [0.29, 0.717) is 17.1 Å². The lowest BCUT2D eigenvalue weighted by molar-refractivity contribution is 0.0471. The Hall–Kier alpha value is -2.69. The van der Waals surface area contributed by atoms with Crippen molar-refractivity contribution in [1.29, 1.82) is 0 Å². The minimum atomic E-state index is -0.444. The fourth-order valence-electron chi connectivity index (χ4n) is 1.92. The first-order chi connectivity index (χ1) is 10.7. The minimum absolute atomic E-state index is 0.162. The highest BCUT2D eigenvalue weighted by atomic mass is 16.5. The average molecular weight is 302 g/mol. The third-order valence-electron chi connectivity index (χ3n) is 3.09. The number of ether oxygens (including phenoxy) is 4. The van der Waals surface area contributed by atoms with Gasteiger partial charge in [0, 0.05) is 6.07 Å². The van der Waals surface area contributed by atoms with Gasteiger partial charge in [-0.1, -0.05) is 12.1 Å². The summed E-state index contributed by atoms with van der Waals surface area (Å²) in [5.41, 5.74) is 1.22. The molecule has 116 valence electrons. The SMILES string of the molecule is COc1cccc(COC(=O)c2cc(OC)cc(OC)c2)c1. The van der Waals surface area contributed by atoms with Crippen LogP contribution in [0.15, 0.2) is 42.5 Å². The summed E-state index contributed by atoms with van der Waals surface area (Å²) in [6.45, 7) is 0.162. The Morgan fingerprint density at radius 2 is 1.50 bits per heavy atom. The lowest BCUT2D eigenvalue weighted by Crippen LogP contribution is -2.06. The highest BCUT2D eigenvalue weighted by Gasteiger charge is 2.11. The summed E-state index contributed by atoms with van der Waals surface area (Å²) < 4.78 is 20.7. The van der Waals surface area contributed by atoms with Crippen molar-refractivity contribution >= 4 is 5.97 Å². The number of carbonyl (C=O) groups excluding carboxylic acids is 1. The standard InChI is InChI=1S/C17H18O5/c1-19-14-6-4-5-12(7-14)11-22-17(18)13-8-15(20-2)10-16(9-13)21-3/h4-10H,11H2,1-3H3. The Labute approximate surface area is 129 Å². The quantitative estimate of drug-likeness (QED) is 0.768. The smallest absolute Gasteiger partial charge is 0.338 e. The Bertz CT molecular complexity index is 629. The van der Waals surface area contributed by atoms with Gasteiger partial charge in [-0.05, 0) is 29.8 Å². The van der Waals surface area contributed by atoms with Gasteiger partial charge in [-0.3, -0.25) is 0 Å². The Balaban J connectivity index is 2.08. The molecule has 0 unspecified atom stereocenters. The van der Waals surface area contributed by atoms with Crippen molar-refractivity contribution in [3.8, 4) is 17.2 Å². The lowest BCUT2D eigenvalue weighted by Gasteiger charge is -2.09. The number of benzene rings is 2. The molecule has 0 aromatic heterocycles. The van der Waals surface area contributed by atoms with Gasteiger partial charge in [0.05, 0.1) is 26.9 Å². The number of hydrogen-bond acceptors (Lipinski definition) is 5. The van der Waals surface area contributed by atoms with Crippen molar-refractivity contribution in [3.63, 3.8) is 0 Å². The number of hydrogen-bond donors (Lipinski definition) is 0. The van der Waals surface area contributed by atoms with Crippen LogP contribution >= 0.6 is 0 Å². The maximum absolute atomic E-state index is 12.1. The predicted octanol–water partition coefficient (Wildman–Crippen LogP) is 3.07. The fraction of sp³-hybridized carbons (Fsp3) is 0.235. The molecule has 0 saturated heterocycles. The third kappa shape index (κ3) is 3.91. The van der Waals surface area contributed by atoms with Crippen LogP contribution in [0.25, 0.3) is 0 Å². The second-order valence-corrected chi connectivity index (χ2v) is 4.53. The molecule has 0 amide bonds. The molecule has 0 atom stereocenters. The van der Waals surface area contributed by atoms with Gasteiger partial charge in [0.25, 0.3) is 0 Å². The van der Waals surface area contributed by atoms with E-state index in [1.54, 1.807) is 25.3 Å². The van der Waals surface area contributed by atoms with Crippen molar-refractivity contribution in [3.05, 3.63) is 53.6 Å². The van der Waals surface area contributed by atoms with E-state index in [1.807, 2.05) is 24.3 Å². The molecular formula is C17H18O5. The zero-order chi connectivity index (χ0) is 15.9. The largest absolute Gasteiger partial charge is 0.497 e. The van der Waals surface area contributed by atoms with Crippen LogP contribution in [-0.4, -0.2) is 27.3 Å². The topological polar surface area (TPSA) is 54.0 Å². The zero-order valence-corrected chi connectivity index (χ0v) is 12.8. The first kappa shape index (κ1) is 15.7. The predicted molar refractivity (Wildman–Crippen MR) is 81.7 cm³/mol. The van der Waals surface area contributed by atoms with Crippen molar-refractivity contribution in [1.82, 2.24) is 0 Å². The monoisotopic (exact) mass is 302 g/mol. The normalized spacial score (nSPS) is 9.95. The summed E-state index contributed by atoms with van der Waals surface area (Å²) in [5, 5.41) is 0. The first-order valence-corrected chi connectivity index (χ1v) is 6.69. The van der Waals surface area contributed by atoms with E-state index in [4.69, 9.17) is 18.9 Å². The molecule has 2 rings (SSSR count). The van der Waals surface area contributed by atoms with E-state index in [1.165, 1.54) is 14.2 Å². The second-order valence-electron chi connectivity index (χ2n) is 4.53. The van der Waals surface area contributed by atoms with Crippen LogP contribution < -0.4 is 14.2 Å². The van der Waals surface area contributed by atoms with E-state index >= 15 is 0 Å². The Morgan fingerprint density at radius 3 is 2.09 bits per heavy atom. The van der Waals surface area contributed by atoms with Crippen molar-refractivity contribution < 1.29 is 23.7 Å². The summed E-state index contributed by atoms with van der Waals surface area (Å²) in [6.07, 6.45) is 0. The van der Waals surface area contributed by atoms with Crippen LogP contribution in [0.4, 0.5) is 0 Å². The van der Waals surface area contributed by atoms with Gasteiger partial charge < -0.3 is 18.9 Å². The molecular weight excluding hydrogens is 284 g/mol. The molecule has 0 aliphatic rings. The van der Waals surface area contributed by atoms with Gasteiger partial charge in [-0.2, -0.15) is 0 Å². The number of esters is 1. The Kier molecular flexibility index (Phi) is 5.25. The molecule has 0 heterocycles. The second kappa shape index (κ2) is 7.36. The molecule has 0 bridgehead atoms. The molecule has 0 saturated carbocycles. The maximum atomic E-state index is 12.1. The summed E-state index contributed by atoms with van der Waals surface area (Å²) in [6, 6.07) is 12.3. The van der Waals surface area contributed by atoms with Crippen LogP contribution in [0, 0.1) is 0 Å². The van der Waals surface area contributed by atoms with Crippen LogP contribution in [0.5, 0.6) is 17.2 Å². The van der Waals surface area contributed by atoms with Crippen molar-refractivity contribution in [2.24, 2.45) is 0 Å². The molecule has 0 aliphatic carbocycles. The summed E-state index contributed by atoms with van der Waals surface area (Å²) >= 11 is 0. The number of rotatable bonds is 6. The van der Waals surface area contributed by atoms with Crippen LogP contribution in [0.2, 0.25) is 0 Å². The molecule has 0 fully saturated rings. The molecule has 0 spiro atoms. The van der Waals surface area contributed by atoms with E-state index in [-0.39, 0.29) is 6.61 Å². The van der Waals surface area contributed by atoms with Crippen LogP contribution in [0.1, 0.15) is 15.9 Å². The first-order valence-electron chi connectivity index (χ1n) is 6.69. The average Bonchev–Trinajstić information content (AvgIpc) is 2.59. The van der Waals surface area contributed by atoms with Crippen LogP contribution in [0.3, 0.4) is 0 Å². The molecule has 0 N–H and O–H groups in total. The highest BCUT2D eigenvalue weighted by molar-refractivity contribution is 5.90. The summed E-state index contributed by atoms with van der Waals surface area (Å²) in [7, 11) is 4.65. The van der Waals surface area contributed by atoms with Gasteiger partial charge in [-0.25, -0.2) is 4.79 Å². The summed E-state index contributed by atoms with van der Waals surface area (Å²) in [4.78, 5) is 12.1. The summed E-state index contributed by atoms with van der Waals surface area (Å²) in [5.74, 6) is 1.34. The van der Waals surface area contributed by atoms with E-state index in [9.17, 15) is 4.79 Å². The fourth-order valence-corrected chi connectivity index (χ4v) is 1.92. The molecule has 0 aliphatic heterocycles. The molecule has 2 aromatic carbocycles. The zero-order valence-electron chi connectivity index (χ0n) is 12.8. The van der Waals surface area contributed by atoms with Crippen LogP contribution in [-0.2, 0) is 11.3 Å². The van der Waals surface area contributed by atoms with E-state index < -0.39 is 5.97 Å². The molecule has 0 radical (unpaired) electrons. The van der Waals surface area contributed by atoms with Gasteiger partial charge >= 0.3 is 5.97 Å². The minimum Gasteiger partial charge on any atom is -0.497 e. The molecule has 22 heavy (non-hydrogen) atoms. The van der Waals surface area contributed by atoms with Gasteiger partial charge in [0.1, 0.15) is 23.9 Å². The Morgan fingerprint density at radius 1 is 0.864 bits per heavy atom.